The highest BCUT2D eigenvalue weighted by molar-refractivity contribution is 6.42. The van der Waals surface area contributed by atoms with Crippen molar-refractivity contribution < 1.29 is 4.74 Å². The van der Waals surface area contributed by atoms with Crippen molar-refractivity contribution in [3.05, 3.63) is 21.3 Å². The van der Waals surface area contributed by atoms with Gasteiger partial charge in [-0.25, -0.2) is 0 Å². The Morgan fingerprint density at radius 1 is 1.25 bits per heavy atom. The smallest absolute Gasteiger partial charge is 0.234 e. The molecule has 0 aliphatic carbocycles. The molecule has 1 heterocycles. The largest absolute Gasteiger partial charge is 0.477 e. The molecule has 0 saturated heterocycles. The third kappa shape index (κ3) is 4.36. The monoisotopic (exact) mass is 281 g/mol. The van der Waals surface area contributed by atoms with Gasteiger partial charge >= 0.3 is 0 Å². The van der Waals surface area contributed by atoms with Crippen molar-refractivity contribution in [3.8, 4) is 5.88 Å². The standard InChI is InChI=1S/C11H14Cl3NO/c1-7(2)4-3-5-16-11-9(13)6-8(12)10(14)15-11/h6-7H,3-5H2,1-2H3. The van der Waals surface area contributed by atoms with Gasteiger partial charge in [0.2, 0.25) is 5.88 Å². The van der Waals surface area contributed by atoms with E-state index in [1.54, 1.807) is 0 Å². The SMILES string of the molecule is CC(C)CCCOc1nc(Cl)c(Cl)cc1Cl. The van der Waals surface area contributed by atoms with Crippen LogP contribution in [0.2, 0.25) is 15.2 Å². The lowest BCUT2D eigenvalue weighted by Crippen LogP contribution is -2.01. The Morgan fingerprint density at radius 3 is 2.56 bits per heavy atom. The van der Waals surface area contributed by atoms with Crippen LogP contribution in [0.25, 0.3) is 0 Å². The van der Waals surface area contributed by atoms with E-state index in [0.717, 1.165) is 12.8 Å². The minimum Gasteiger partial charge on any atom is -0.477 e. The highest BCUT2D eigenvalue weighted by Gasteiger charge is 2.08. The fourth-order valence-electron chi connectivity index (χ4n) is 1.19. The Morgan fingerprint density at radius 2 is 1.94 bits per heavy atom. The molecular weight excluding hydrogens is 268 g/mol. The highest BCUT2D eigenvalue weighted by Crippen LogP contribution is 2.30. The summed E-state index contributed by atoms with van der Waals surface area (Å²) in [5.41, 5.74) is 0. The molecule has 0 bridgehead atoms. The second-order valence-corrected chi connectivity index (χ2v) is 5.10. The minimum atomic E-state index is 0.213. The number of hydrogen-bond acceptors (Lipinski definition) is 2. The fraction of sp³-hybridized carbons (Fsp3) is 0.545. The zero-order chi connectivity index (χ0) is 12.1. The van der Waals surface area contributed by atoms with Gasteiger partial charge in [-0.1, -0.05) is 48.7 Å². The van der Waals surface area contributed by atoms with Crippen molar-refractivity contribution >= 4 is 34.8 Å². The summed E-state index contributed by atoms with van der Waals surface area (Å²) < 4.78 is 5.44. The zero-order valence-electron chi connectivity index (χ0n) is 9.27. The van der Waals surface area contributed by atoms with E-state index in [2.05, 4.69) is 18.8 Å². The molecule has 0 aliphatic rings. The summed E-state index contributed by atoms with van der Waals surface area (Å²) in [5.74, 6) is 1.01. The van der Waals surface area contributed by atoms with Gasteiger partial charge < -0.3 is 4.74 Å². The molecule has 0 N–H and O–H groups in total. The summed E-state index contributed by atoms with van der Waals surface area (Å²) in [4.78, 5) is 3.97. The van der Waals surface area contributed by atoms with Gasteiger partial charge in [0.05, 0.1) is 11.6 Å². The van der Waals surface area contributed by atoms with Crippen LogP contribution in [0.1, 0.15) is 26.7 Å². The summed E-state index contributed by atoms with van der Waals surface area (Å²) in [6.45, 7) is 4.93. The Hall–Kier alpha value is -0.180. The number of aromatic nitrogens is 1. The molecule has 0 atom stereocenters. The highest BCUT2D eigenvalue weighted by atomic mass is 35.5. The van der Waals surface area contributed by atoms with Crippen LogP contribution in [0.15, 0.2) is 6.07 Å². The average Bonchev–Trinajstić information content (AvgIpc) is 2.19. The van der Waals surface area contributed by atoms with Crippen molar-refractivity contribution in [1.29, 1.82) is 0 Å². The topological polar surface area (TPSA) is 22.1 Å². The van der Waals surface area contributed by atoms with E-state index in [1.165, 1.54) is 6.07 Å². The maximum Gasteiger partial charge on any atom is 0.234 e. The first-order chi connectivity index (χ1) is 7.50. The molecule has 0 fully saturated rings. The molecule has 0 aromatic carbocycles. The van der Waals surface area contributed by atoms with Crippen molar-refractivity contribution in [2.45, 2.75) is 26.7 Å². The Bertz CT molecular complexity index is 355. The van der Waals surface area contributed by atoms with Crippen LogP contribution in [0.5, 0.6) is 5.88 Å². The number of hydrogen-bond donors (Lipinski definition) is 0. The van der Waals surface area contributed by atoms with E-state index in [9.17, 15) is 0 Å². The van der Waals surface area contributed by atoms with E-state index in [4.69, 9.17) is 39.5 Å². The van der Waals surface area contributed by atoms with Gasteiger partial charge in [0.1, 0.15) is 5.02 Å². The first-order valence-electron chi connectivity index (χ1n) is 5.15. The lowest BCUT2D eigenvalue weighted by atomic mass is 10.1. The first-order valence-corrected chi connectivity index (χ1v) is 6.28. The Balaban J connectivity index is 2.51. The summed E-state index contributed by atoms with van der Waals surface area (Å²) in [7, 11) is 0. The van der Waals surface area contributed by atoms with E-state index >= 15 is 0 Å². The molecule has 90 valence electrons. The van der Waals surface area contributed by atoms with Crippen LogP contribution in [-0.4, -0.2) is 11.6 Å². The lowest BCUT2D eigenvalue weighted by molar-refractivity contribution is 0.287. The van der Waals surface area contributed by atoms with Crippen molar-refractivity contribution in [3.63, 3.8) is 0 Å². The van der Waals surface area contributed by atoms with Crippen LogP contribution >= 0.6 is 34.8 Å². The van der Waals surface area contributed by atoms with Crippen molar-refractivity contribution in [2.75, 3.05) is 6.61 Å². The van der Waals surface area contributed by atoms with E-state index in [0.29, 0.717) is 28.5 Å². The molecule has 0 unspecified atom stereocenters. The molecule has 0 radical (unpaired) electrons. The molecule has 0 amide bonds. The van der Waals surface area contributed by atoms with E-state index < -0.39 is 0 Å². The third-order valence-corrected chi connectivity index (χ3v) is 2.96. The third-order valence-electron chi connectivity index (χ3n) is 2.02. The Kier molecular flexibility index (Phi) is 5.67. The second kappa shape index (κ2) is 6.53. The normalized spacial score (nSPS) is 10.9. The number of halogens is 3. The maximum atomic E-state index is 5.91. The van der Waals surface area contributed by atoms with Crippen LogP contribution in [0.4, 0.5) is 0 Å². The molecule has 16 heavy (non-hydrogen) atoms. The predicted molar refractivity (Wildman–Crippen MR) is 68.8 cm³/mol. The van der Waals surface area contributed by atoms with E-state index in [-0.39, 0.29) is 5.15 Å². The molecule has 1 rings (SSSR count). The van der Waals surface area contributed by atoms with Crippen LogP contribution in [-0.2, 0) is 0 Å². The predicted octanol–water partition coefficient (Wildman–Crippen LogP) is 4.86. The van der Waals surface area contributed by atoms with Gasteiger partial charge in [-0.15, -0.1) is 0 Å². The molecule has 1 aromatic rings. The number of rotatable bonds is 5. The lowest BCUT2D eigenvalue weighted by Gasteiger charge is -2.08. The van der Waals surface area contributed by atoms with Gasteiger partial charge in [0.25, 0.3) is 0 Å². The molecule has 5 heteroatoms. The summed E-state index contributed by atoms with van der Waals surface area (Å²) in [6, 6.07) is 1.54. The number of nitrogens with zero attached hydrogens (tertiary/aromatic N) is 1. The zero-order valence-corrected chi connectivity index (χ0v) is 11.5. The molecular formula is C11H14Cl3NO. The van der Waals surface area contributed by atoms with Gasteiger partial charge in [0.15, 0.2) is 5.15 Å². The minimum absolute atomic E-state index is 0.213. The quantitative estimate of drug-likeness (QED) is 0.568. The summed E-state index contributed by atoms with van der Waals surface area (Å²) in [6.07, 6.45) is 2.08. The molecule has 0 spiro atoms. The first kappa shape index (κ1) is 13.9. The number of pyridine rings is 1. The van der Waals surface area contributed by atoms with Gasteiger partial charge in [-0.2, -0.15) is 4.98 Å². The summed E-state index contributed by atoms with van der Waals surface area (Å²) in [5, 5.41) is 0.935. The molecule has 1 aromatic heterocycles. The summed E-state index contributed by atoms with van der Waals surface area (Å²) >= 11 is 17.4. The maximum absolute atomic E-state index is 5.91. The Labute approximate surface area is 111 Å². The second-order valence-electron chi connectivity index (χ2n) is 3.93. The van der Waals surface area contributed by atoms with Gasteiger partial charge in [-0.3, -0.25) is 0 Å². The van der Waals surface area contributed by atoms with Crippen LogP contribution < -0.4 is 4.74 Å². The van der Waals surface area contributed by atoms with Crippen LogP contribution in [0, 0.1) is 5.92 Å². The number of ether oxygens (including phenoxy) is 1. The average molecular weight is 283 g/mol. The van der Waals surface area contributed by atoms with Crippen molar-refractivity contribution in [1.82, 2.24) is 4.98 Å². The van der Waals surface area contributed by atoms with Gasteiger partial charge in [-0.05, 0) is 24.8 Å². The van der Waals surface area contributed by atoms with Crippen molar-refractivity contribution in [2.24, 2.45) is 5.92 Å². The van der Waals surface area contributed by atoms with Crippen LogP contribution in [0.3, 0.4) is 0 Å². The molecule has 2 nitrogen and oxygen atoms in total. The molecule has 0 saturated carbocycles. The van der Waals surface area contributed by atoms with Gasteiger partial charge in [0, 0.05) is 0 Å². The fourth-order valence-corrected chi connectivity index (χ4v) is 1.73. The molecule has 0 aliphatic heterocycles. The van der Waals surface area contributed by atoms with E-state index in [1.807, 2.05) is 0 Å².